The highest BCUT2D eigenvalue weighted by atomic mass is 35.5. The Morgan fingerprint density at radius 2 is 1.54 bits per heavy atom. The van der Waals surface area contributed by atoms with Crippen LogP contribution in [0.4, 0.5) is 5.69 Å². The van der Waals surface area contributed by atoms with Crippen LogP contribution in [0.25, 0.3) is 0 Å². The first kappa shape index (κ1) is 17.5. The molecule has 6 heteroatoms. The van der Waals surface area contributed by atoms with E-state index in [9.17, 15) is 9.59 Å². The molecule has 0 fully saturated rings. The first-order chi connectivity index (χ1) is 12.5. The average Bonchev–Trinajstić information content (AvgIpc) is 2.64. The van der Waals surface area contributed by atoms with Crippen molar-refractivity contribution in [2.75, 3.05) is 5.32 Å². The lowest BCUT2D eigenvalue weighted by Crippen LogP contribution is -2.13. The third-order valence-electron chi connectivity index (χ3n) is 3.58. The topological polar surface area (TPSA) is 75.6 Å². The van der Waals surface area contributed by atoms with Crippen molar-refractivity contribution in [1.82, 2.24) is 0 Å². The van der Waals surface area contributed by atoms with Gasteiger partial charge in [-0.05, 0) is 48.5 Å². The molecule has 5 nitrogen and oxygen atoms in total. The quantitative estimate of drug-likeness (QED) is 0.659. The van der Waals surface area contributed by atoms with Gasteiger partial charge in [0, 0.05) is 0 Å². The van der Waals surface area contributed by atoms with Crippen molar-refractivity contribution < 1.29 is 19.4 Å². The van der Waals surface area contributed by atoms with Crippen molar-refractivity contribution in [3.05, 3.63) is 88.9 Å². The normalized spacial score (nSPS) is 10.2. The number of amides is 1. The molecule has 0 saturated heterocycles. The van der Waals surface area contributed by atoms with Crippen LogP contribution in [0.5, 0.6) is 11.5 Å². The smallest absolute Gasteiger partial charge is 0.335 e. The standard InChI is InChI=1S/C20H14ClNO4/c21-16-6-2-1-5-15(16)19(23)22-17-7-3-4-8-18(17)26-14-11-9-13(10-12-14)20(24)25/h1-12H,(H,22,23)(H,24,25). The molecule has 3 aromatic rings. The van der Waals surface area contributed by atoms with Gasteiger partial charge in [-0.2, -0.15) is 0 Å². The number of carbonyl (C=O) groups is 2. The molecule has 0 spiro atoms. The minimum atomic E-state index is -1.01. The highest BCUT2D eigenvalue weighted by molar-refractivity contribution is 6.34. The summed E-state index contributed by atoms with van der Waals surface area (Å²) in [6, 6.07) is 19.7. The minimum Gasteiger partial charge on any atom is -0.478 e. The van der Waals surface area contributed by atoms with Crippen molar-refractivity contribution in [2.45, 2.75) is 0 Å². The van der Waals surface area contributed by atoms with E-state index in [4.69, 9.17) is 21.4 Å². The SMILES string of the molecule is O=C(O)c1ccc(Oc2ccccc2NC(=O)c2ccccc2Cl)cc1. The largest absolute Gasteiger partial charge is 0.478 e. The molecule has 2 N–H and O–H groups in total. The summed E-state index contributed by atoms with van der Waals surface area (Å²) in [7, 11) is 0. The summed E-state index contributed by atoms with van der Waals surface area (Å²) in [4.78, 5) is 23.4. The van der Waals surface area contributed by atoms with Crippen LogP contribution in [-0.4, -0.2) is 17.0 Å². The number of ether oxygens (including phenoxy) is 1. The van der Waals surface area contributed by atoms with E-state index >= 15 is 0 Å². The van der Waals surface area contributed by atoms with Crippen LogP contribution >= 0.6 is 11.6 Å². The van der Waals surface area contributed by atoms with Gasteiger partial charge in [0.25, 0.3) is 5.91 Å². The Morgan fingerprint density at radius 3 is 2.23 bits per heavy atom. The fourth-order valence-electron chi connectivity index (χ4n) is 2.29. The van der Waals surface area contributed by atoms with Crippen LogP contribution < -0.4 is 10.1 Å². The highest BCUT2D eigenvalue weighted by Gasteiger charge is 2.13. The molecule has 0 unspecified atom stereocenters. The summed E-state index contributed by atoms with van der Waals surface area (Å²) < 4.78 is 5.77. The number of hydrogen-bond acceptors (Lipinski definition) is 3. The van der Waals surface area contributed by atoms with Gasteiger partial charge in [-0.1, -0.05) is 35.9 Å². The van der Waals surface area contributed by atoms with Crippen molar-refractivity contribution in [3.63, 3.8) is 0 Å². The Morgan fingerprint density at radius 1 is 0.885 bits per heavy atom. The number of hydrogen-bond donors (Lipinski definition) is 2. The molecule has 0 atom stereocenters. The third-order valence-corrected chi connectivity index (χ3v) is 3.91. The monoisotopic (exact) mass is 367 g/mol. The molecule has 0 radical (unpaired) electrons. The van der Waals surface area contributed by atoms with Gasteiger partial charge in [-0.25, -0.2) is 4.79 Å². The zero-order valence-electron chi connectivity index (χ0n) is 13.5. The van der Waals surface area contributed by atoms with Gasteiger partial charge in [0.1, 0.15) is 5.75 Å². The van der Waals surface area contributed by atoms with Gasteiger partial charge >= 0.3 is 5.97 Å². The summed E-state index contributed by atoms with van der Waals surface area (Å²) in [6.45, 7) is 0. The Labute approximate surface area is 154 Å². The number of nitrogens with one attached hydrogen (secondary N) is 1. The molecule has 0 aliphatic heterocycles. The number of anilines is 1. The molecule has 3 rings (SSSR count). The Kier molecular flexibility index (Phi) is 5.20. The van der Waals surface area contributed by atoms with Crippen molar-refractivity contribution in [2.24, 2.45) is 0 Å². The van der Waals surface area contributed by atoms with Crippen molar-refractivity contribution in [1.29, 1.82) is 0 Å². The summed E-state index contributed by atoms with van der Waals surface area (Å²) in [6.07, 6.45) is 0. The number of aromatic carboxylic acids is 1. The van der Waals surface area contributed by atoms with Crippen LogP contribution in [-0.2, 0) is 0 Å². The third kappa shape index (κ3) is 4.02. The molecule has 0 aliphatic rings. The number of carboxylic acids is 1. The number of rotatable bonds is 5. The summed E-state index contributed by atoms with van der Waals surface area (Å²) in [5, 5.41) is 12.1. The van der Waals surface area contributed by atoms with Crippen LogP contribution in [0.3, 0.4) is 0 Å². The maximum Gasteiger partial charge on any atom is 0.335 e. The molecular formula is C20H14ClNO4. The lowest BCUT2D eigenvalue weighted by molar-refractivity contribution is 0.0696. The van der Waals surface area contributed by atoms with E-state index in [2.05, 4.69) is 5.32 Å². The molecule has 26 heavy (non-hydrogen) atoms. The number of benzene rings is 3. The second kappa shape index (κ2) is 7.72. The molecule has 0 heterocycles. The second-order valence-corrected chi connectivity index (χ2v) is 5.77. The molecule has 0 aromatic heterocycles. The molecule has 3 aromatic carbocycles. The molecular weight excluding hydrogens is 354 g/mol. The zero-order valence-corrected chi connectivity index (χ0v) is 14.2. The van der Waals surface area contributed by atoms with E-state index in [1.165, 1.54) is 12.1 Å². The van der Waals surface area contributed by atoms with E-state index in [0.29, 0.717) is 27.8 Å². The first-order valence-corrected chi connectivity index (χ1v) is 8.08. The lowest BCUT2D eigenvalue weighted by Gasteiger charge is -2.13. The molecule has 0 bridgehead atoms. The maximum atomic E-state index is 12.4. The fourth-order valence-corrected chi connectivity index (χ4v) is 2.51. The first-order valence-electron chi connectivity index (χ1n) is 7.71. The predicted molar refractivity (Wildman–Crippen MR) is 99.3 cm³/mol. The van der Waals surface area contributed by atoms with Gasteiger partial charge in [0.05, 0.1) is 21.8 Å². The van der Waals surface area contributed by atoms with E-state index in [1.807, 2.05) is 0 Å². The zero-order chi connectivity index (χ0) is 18.5. The number of carboxylic acid groups (broad SMARTS) is 1. The van der Waals surface area contributed by atoms with E-state index < -0.39 is 5.97 Å². The van der Waals surface area contributed by atoms with Gasteiger partial charge < -0.3 is 15.2 Å². The minimum absolute atomic E-state index is 0.164. The number of carbonyl (C=O) groups excluding carboxylic acids is 1. The number of para-hydroxylation sites is 2. The Bertz CT molecular complexity index is 954. The highest BCUT2D eigenvalue weighted by Crippen LogP contribution is 2.30. The van der Waals surface area contributed by atoms with E-state index in [-0.39, 0.29) is 11.5 Å². The molecule has 0 saturated carbocycles. The van der Waals surface area contributed by atoms with E-state index in [0.717, 1.165) is 0 Å². The summed E-state index contributed by atoms with van der Waals surface area (Å²) in [5.74, 6) is -0.484. The Balaban J connectivity index is 1.81. The molecule has 0 aliphatic carbocycles. The number of halogens is 1. The predicted octanol–water partition coefficient (Wildman–Crippen LogP) is 5.08. The maximum absolute atomic E-state index is 12.4. The van der Waals surface area contributed by atoms with Crippen LogP contribution in [0.1, 0.15) is 20.7 Å². The molecule has 1 amide bonds. The van der Waals surface area contributed by atoms with Gasteiger partial charge in [-0.3, -0.25) is 4.79 Å². The van der Waals surface area contributed by atoms with Crippen molar-refractivity contribution >= 4 is 29.2 Å². The summed E-state index contributed by atoms with van der Waals surface area (Å²) in [5.41, 5.74) is 0.993. The van der Waals surface area contributed by atoms with Gasteiger partial charge in [0.2, 0.25) is 0 Å². The van der Waals surface area contributed by atoms with Crippen LogP contribution in [0.15, 0.2) is 72.8 Å². The van der Waals surface area contributed by atoms with Crippen LogP contribution in [0.2, 0.25) is 5.02 Å². The lowest BCUT2D eigenvalue weighted by atomic mass is 10.2. The van der Waals surface area contributed by atoms with Crippen LogP contribution in [0, 0.1) is 0 Å². The van der Waals surface area contributed by atoms with Gasteiger partial charge in [0.15, 0.2) is 5.75 Å². The van der Waals surface area contributed by atoms with Crippen molar-refractivity contribution in [3.8, 4) is 11.5 Å². The fraction of sp³-hybridized carbons (Fsp3) is 0. The van der Waals surface area contributed by atoms with Gasteiger partial charge in [-0.15, -0.1) is 0 Å². The Hall–Kier alpha value is -3.31. The molecule has 130 valence electrons. The van der Waals surface area contributed by atoms with E-state index in [1.54, 1.807) is 60.7 Å². The average molecular weight is 368 g/mol. The summed E-state index contributed by atoms with van der Waals surface area (Å²) >= 11 is 6.06. The second-order valence-electron chi connectivity index (χ2n) is 5.36.